The van der Waals surface area contributed by atoms with Gasteiger partial charge in [-0.25, -0.2) is 14.4 Å². The lowest BCUT2D eigenvalue weighted by Gasteiger charge is -2.34. The van der Waals surface area contributed by atoms with Gasteiger partial charge in [0.1, 0.15) is 31.7 Å². The number of fused-ring (bicyclic) bond motifs is 6. The molecule has 4 atom stereocenters. The first kappa shape index (κ1) is 45.4. The Morgan fingerprint density at radius 2 is 0.938 bits per heavy atom. The zero-order valence-corrected chi connectivity index (χ0v) is 36.2. The molecule has 4 aromatic rings. The van der Waals surface area contributed by atoms with Crippen molar-refractivity contribution in [1.82, 2.24) is 20.4 Å². The molecule has 4 aliphatic rings. The van der Waals surface area contributed by atoms with Crippen molar-refractivity contribution in [2.45, 2.75) is 82.8 Å². The molecule has 2 fully saturated rings. The summed E-state index contributed by atoms with van der Waals surface area (Å²) in [5.41, 5.74) is 8.83. The topological polar surface area (TPSA) is 190 Å². The Morgan fingerprint density at radius 3 is 1.28 bits per heavy atom. The van der Waals surface area contributed by atoms with Crippen molar-refractivity contribution in [2.75, 3.05) is 39.5 Å². The minimum atomic E-state index is -1.38. The maximum Gasteiger partial charge on any atom is 0.407 e. The number of carboxylic acids is 1. The summed E-state index contributed by atoms with van der Waals surface area (Å²) in [5, 5.41) is 14.4. The quantitative estimate of drug-likeness (QED) is 0.142. The molecule has 15 heteroatoms. The Bertz CT molecular complexity index is 2120. The summed E-state index contributed by atoms with van der Waals surface area (Å²) in [6.07, 6.45) is -1.37. The third-order valence-electron chi connectivity index (χ3n) is 12.1. The van der Waals surface area contributed by atoms with Gasteiger partial charge < -0.3 is 44.5 Å². The van der Waals surface area contributed by atoms with Gasteiger partial charge in [-0.05, 0) is 78.1 Å². The van der Waals surface area contributed by atoms with Crippen molar-refractivity contribution in [1.29, 1.82) is 0 Å². The number of carbonyl (C=O) groups excluding carboxylic acids is 5. The van der Waals surface area contributed by atoms with Crippen molar-refractivity contribution in [3.05, 3.63) is 119 Å². The van der Waals surface area contributed by atoms with Gasteiger partial charge in [-0.1, -0.05) is 97.1 Å². The zero-order valence-electron chi connectivity index (χ0n) is 36.2. The van der Waals surface area contributed by atoms with Gasteiger partial charge in [0.2, 0.25) is 11.8 Å². The van der Waals surface area contributed by atoms with Crippen LogP contribution in [0.25, 0.3) is 22.3 Å². The SMILES string of the molecule is CC(=O)C(CC(=O)N1CCCOC1C)NC(=O)OCC1c2ccccc2-c2ccccc21.CC1OCCCN1C(=O)CC(NC(=O)OCC1c2ccccc2-c2ccccc21)C(=O)O. The monoisotopic (exact) mass is 874 g/mol. The molecule has 8 rings (SSSR count). The number of benzene rings is 4. The van der Waals surface area contributed by atoms with Crippen LogP contribution in [0, 0.1) is 0 Å². The maximum atomic E-state index is 12.6. The number of nitrogens with one attached hydrogen (secondary N) is 2. The van der Waals surface area contributed by atoms with Gasteiger partial charge in [0.25, 0.3) is 0 Å². The Morgan fingerprint density at radius 1 is 0.594 bits per heavy atom. The summed E-state index contributed by atoms with van der Waals surface area (Å²) in [6.45, 7) is 7.37. The molecule has 64 heavy (non-hydrogen) atoms. The minimum absolute atomic E-state index is 0.0666. The molecule has 4 amide bonds. The van der Waals surface area contributed by atoms with Crippen molar-refractivity contribution in [3.8, 4) is 22.3 Å². The van der Waals surface area contributed by atoms with E-state index in [9.17, 15) is 33.9 Å². The first-order valence-corrected chi connectivity index (χ1v) is 21.7. The molecule has 0 bridgehead atoms. The molecule has 336 valence electrons. The summed E-state index contributed by atoms with van der Waals surface area (Å²) in [5.74, 6) is -2.41. The number of amides is 4. The van der Waals surface area contributed by atoms with E-state index in [0.717, 1.165) is 50.9 Å². The number of carboxylic acid groups (broad SMARTS) is 1. The van der Waals surface area contributed by atoms with Crippen LogP contribution < -0.4 is 10.6 Å². The number of carbonyl (C=O) groups is 6. The number of hydrogen-bond donors (Lipinski definition) is 3. The lowest BCUT2D eigenvalue weighted by atomic mass is 9.98. The lowest BCUT2D eigenvalue weighted by molar-refractivity contribution is -0.155. The highest BCUT2D eigenvalue weighted by Crippen LogP contribution is 2.45. The third kappa shape index (κ3) is 10.4. The molecule has 2 saturated heterocycles. The van der Waals surface area contributed by atoms with Gasteiger partial charge >= 0.3 is 18.2 Å². The number of hydrogen-bond acceptors (Lipinski definition) is 10. The van der Waals surface area contributed by atoms with E-state index < -0.39 is 36.5 Å². The van der Waals surface area contributed by atoms with Crippen LogP contribution in [-0.2, 0) is 38.1 Å². The second kappa shape index (κ2) is 20.7. The average molecular weight is 875 g/mol. The number of Topliss-reactive ketones (excluding diaryl/α,β-unsaturated/α-hetero) is 1. The van der Waals surface area contributed by atoms with E-state index in [1.54, 1.807) is 18.7 Å². The van der Waals surface area contributed by atoms with Gasteiger partial charge in [0.05, 0.1) is 32.1 Å². The van der Waals surface area contributed by atoms with Crippen LogP contribution >= 0.6 is 0 Å². The Hall–Kier alpha value is -6.58. The molecule has 4 aromatic carbocycles. The number of ketones is 1. The van der Waals surface area contributed by atoms with E-state index in [1.165, 1.54) is 11.8 Å². The summed E-state index contributed by atoms with van der Waals surface area (Å²) in [7, 11) is 0. The predicted molar refractivity (Wildman–Crippen MR) is 235 cm³/mol. The van der Waals surface area contributed by atoms with Crippen LogP contribution in [0.4, 0.5) is 9.59 Å². The van der Waals surface area contributed by atoms with Crippen molar-refractivity contribution in [3.63, 3.8) is 0 Å². The highest BCUT2D eigenvalue weighted by molar-refractivity contribution is 5.91. The summed E-state index contributed by atoms with van der Waals surface area (Å²) >= 11 is 0. The van der Waals surface area contributed by atoms with Gasteiger partial charge in [0.15, 0.2) is 5.78 Å². The van der Waals surface area contributed by atoms with Crippen LogP contribution in [0.5, 0.6) is 0 Å². The van der Waals surface area contributed by atoms with E-state index in [1.807, 2.05) is 84.9 Å². The summed E-state index contributed by atoms with van der Waals surface area (Å²) in [4.78, 5) is 77.0. The highest BCUT2D eigenvalue weighted by Gasteiger charge is 2.34. The normalized spacial score (nSPS) is 18.4. The third-order valence-corrected chi connectivity index (χ3v) is 12.1. The largest absolute Gasteiger partial charge is 0.480 e. The fourth-order valence-corrected chi connectivity index (χ4v) is 8.82. The van der Waals surface area contributed by atoms with Crippen LogP contribution in [0.3, 0.4) is 0 Å². The molecule has 3 N–H and O–H groups in total. The molecule has 2 aliphatic heterocycles. The molecule has 2 aliphatic carbocycles. The molecule has 0 saturated carbocycles. The zero-order chi connectivity index (χ0) is 45.3. The van der Waals surface area contributed by atoms with Crippen LogP contribution in [0.2, 0.25) is 0 Å². The maximum absolute atomic E-state index is 12.6. The van der Waals surface area contributed by atoms with Crippen molar-refractivity contribution in [2.24, 2.45) is 0 Å². The fourth-order valence-electron chi connectivity index (χ4n) is 8.82. The highest BCUT2D eigenvalue weighted by atomic mass is 16.6. The predicted octanol–water partition coefficient (Wildman–Crippen LogP) is 6.43. The molecule has 0 aromatic heterocycles. The number of alkyl carbamates (subject to hydrolysis) is 2. The van der Waals surface area contributed by atoms with Crippen molar-refractivity contribution < 1.29 is 52.8 Å². The summed E-state index contributed by atoms with van der Waals surface area (Å²) in [6, 6.07) is 29.7. The standard InChI is InChI=1S/C25H28N2O5.C24H26N2O6/c1-16(28)23(14-24(29)27-12-7-13-31-17(27)2)26-25(30)32-15-22-20-10-5-3-8-18(20)19-9-4-6-11-21(19)22;1-15-26(11-6-12-31-15)22(27)13-21(23(28)29)25-24(30)32-14-20-18-9-4-2-7-16(18)17-8-3-5-10-19(17)20/h3-6,8-11,17,22-23H,7,12-15H2,1-2H3,(H,26,30);2-5,7-10,15,20-21H,6,11-14H2,1H3,(H,25,30)(H,28,29). The average Bonchev–Trinajstić information content (AvgIpc) is 3.79. The minimum Gasteiger partial charge on any atom is -0.480 e. The first-order chi connectivity index (χ1) is 30.9. The number of ether oxygens (including phenoxy) is 4. The lowest BCUT2D eigenvalue weighted by Crippen LogP contribution is -2.49. The summed E-state index contributed by atoms with van der Waals surface area (Å²) < 4.78 is 21.9. The second-order valence-electron chi connectivity index (χ2n) is 16.2. The van der Waals surface area contributed by atoms with Gasteiger partial charge in [0, 0.05) is 24.9 Å². The van der Waals surface area contributed by atoms with Gasteiger partial charge in [-0.15, -0.1) is 0 Å². The van der Waals surface area contributed by atoms with Crippen LogP contribution in [0.15, 0.2) is 97.1 Å². The van der Waals surface area contributed by atoms with E-state index in [0.29, 0.717) is 32.7 Å². The molecule has 0 spiro atoms. The Labute approximate surface area is 372 Å². The number of rotatable bonds is 12. The molecular weight excluding hydrogens is 821 g/mol. The Kier molecular flexibility index (Phi) is 14.7. The molecular formula is C49H54N4O11. The van der Waals surface area contributed by atoms with E-state index in [2.05, 4.69) is 22.8 Å². The van der Waals surface area contributed by atoms with Crippen molar-refractivity contribution >= 4 is 35.8 Å². The van der Waals surface area contributed by atoms with E-state index in [4.69, 9.17) is 18.9 Å². The number of nitrogens with zero attached hydrogens (tertiary/aromatic N) is 2. The van der Waals surface area contributed by atoms with Gasteiger partial charge in [-0.2, -0.15) is 0 Å². The molecule has 2 heterocycles. The smallest absolute Gasteiger partial charge is 0.407 e. The number of aliphatic carboxylic acids is 1. The Balaban J connectivity index is 0.000000191. The first-order valence-electron chi connectivity index (χ1n) is 21.7. The van der Waals surface area contributed by atoms with E-state index >= 15 is 0 Å². The fraction of sp³-hybridized carbons (Fsp3) is 0.388. The molecule has 4 unspecified atom stereocenters. The molecule has 15 nitrogen and oxygen atoms in total. The van der Waals surface area contributed by atoms with Crippen LogP contribution in [-0.4, -0.2) is 115 Å². The van der Waals surface area contributed by atoms with E-state index in [-0.39, 0.29) is 61.7 Å². The van der Waals surface area contributed by atoms with Crippen LogP contribution in [0.1, 0.15) is 80.5 Å². The second-order valence-corrected chi connectivity index (χ2v) is 16.2. The van der Waals surface area contributed by atoms with Gasteiger partial charge in [-0.3, -0.25) is 14.4 Å². The molecule has 0 radical (unpaired) electrons.